The lowest BCUT2D eigenvalue weighted by Gasteiger charge is -2.36. The third kappa shape index (κ3) is 8.95. The maximum Gasteiger partial charge on any atom is 0.270 e. The fourth-order valence-electron chi connectivity index (χ4n) is 8.34. The van der Waals surface area contributed by atoms with Crippen LogP contribution >= 0.6 is 11.8 Å². The van der Waals surface area contributed by atoms with E-state index >= 15 is 0 Å². The van der Waals surface area contributed by atoms with Crippen molar-refractivity contribution in [2.75, 3.05) is 82.7 Å². The van der Waals surface area contributed by atoms with Crippen molar-refractivity contribution in [1.29, 1.82) is 0 Å². The molecule has 4 aliphatic rings. The molecule has 8 rings (SSSR count). The number of anilines is 3. The van der Waals surface area contributed by atoms with Crippen molar-refractivity contribution < 1.29 is 33.4 Å². The SMILES string of the molecule is CN(C)C(=O)c1cc2cnc(Nc3ccc(N4CCN(C(=O)COCCOCCSc5cccc6c5CN(C5CCC(=O)NC5=O)C6=O)CC4)cn3)nc2n1C1CCCC1. The van der Waals surface area contributed by atoms with E-state index < -0.39 is 11.9 Å². The predicted octanol–water partition coefficient (Wildman–Crippen LogP) is 3.62. The highest BCUT2D eigenvalue weighted by atomic mass is 32.2. The molecule has 17 nitrogen and oxygen atoms in total. The smallest absolute Gasteiger partial charge is 0.270 e. The Morgan fingerprint density at radius 1 is 0.950 bits per heavy atom. The van der Waals surface area contributed by atoms with Gasteiger partial charge in [-0.3, -0.25) is 29.3 Å². The van der Waals surface area contributed by atoms with Gasteiger partial charge in [0.05, 0.1) is 31.7 Å². The van der Waals surface area contributed by atoms with Crippen molar-refractivity contribution in [3.8, 4) is 0 Å². The molecule has 1 aliphatic carbocycles. The van der Waals surface area contributed by atoms with Gasteiger partial charge >= 0.3 is 0 Å². The zero-order valence-corrected chi connectivity index (χ0v) is 34.7. The molecule has 1 unspecified atom stereocenters. The molecular weight excluding hydrogens is 789 g/mol. The van der Waals surface area contributed by atoms with Crippen LogP contribution in [0.4, 0.5) is 17.5 Å². The van der Waals surface area contributed by atoms with Crippen molar-refractivity contribution in [3.05, 3.63) is 65.6 Å². The Balaban J connectivity index is 0.735. The zero-order valence-electron chi connectivity index (χ0n) is 33.9. The Morgan fingerprint density at radius 3 is 2.50 bits per heavy atom. The van der Waals surface area contributed by atoms with Gasteiger partial charge in [-0.2, -0.15) is 4.98 Å². The number of fused-ring (bicyclic) bond motifs is 2. The topological polar surface area (TPSA) is 184 Å². The lowest BCUT2D eigenvalue weighted by molar-refractivity contribution is -0.138. The van der Waals surface area contributed by atoms with E-state index in [0.717, 1.165) is 52.9 Å². The summed E-state index contributed by atoms with van der Waals surface area (Å²) in [4.78, 5) is 85.1. The quantitative estimate of drug-likeness (QED) is 0.101. The summed E-state index contributed by atoms with van der Waals surface area (Å²) in [6.07, 6.45) is 8.41. The number of pyridine rings is 1. The normalized spacial score (nSPS) is 18.3. The molecule has 1 aromatic carbocycles. The van der Waals surface area contributed by atoms with Crippen molar-refractivity contribution in [2.45, 2.75) is 62.0 Å². The summed E-state index contributed by atoms with van der Waals surface area (Å²) in [6.45, 7) is 3.90. The number of imide groups is 1. The first-order valence-electron chi connectivity index (χ1n) is 20.5. The molecule has 4 aromatic rings. The van der Waals surface area contributed by atoms with E-state index in [1.54, 1.807) is 54.1 Å². The third-order valence-electron chi connectivity index (χ3n) is 11.5. The van der Waals surface area contributed by atoms with E-state index in [-0.39, 0.29) is 42.7 Å². The van der Waals surface area contributed by atoms with E-state index in [4.69, 9.17) is 14.5 Å². The second-order valence-corrected chi connectivity index (χ2v) is 16.7. The van der Waals surface area contributed by atoms with Gasteiger partial charge in [-0.15, -0.1) is 11.8 Å². The minimum atomic E-state index is -0.644. The van der Waals surface area contributed by atoms with Crippen molar-refractivity contribution in [3.63, 3.8) is 0 Å². The largest absolute Gasteiger partial charge is 0.378 e. The average Bonchev–Trinajstić information content (AvgIpc) is 4.00. The van der Waals surface area contributed by atoms with E-state index in [9.17, 15) is 24.0 Å². The van der Waals surface area contributed by atoms with Gasteiger partial charge in [0.2, 0.25) is 23.7 Å². The van der Waals surface area contributed by atoms with Crippen LogP contribution in [0.15, 0.2) is 53.7 Å². The molecule has 0 bridgehead atoms. The van der Waals surface area contributed by atoms with Gasteiger partial charge in [0.15, 0.2) is 0 Å². The number of thioether (sulfide) groups is 1. The molecule has 316 valence electrons. The molecule has 1 atom stereocenters. The molecule has 3 aliphatic heterocycles. The van der Waals surface area contributed by atoms with E-state index in [1.807, 2.05) is 35.2 Å². The van der Waals surface area contributed by atoms with Crippen molar-refractivity contribution >= 4 is 69.8 Å². The first kappa shape index (κ1) is 41.2. The second-order valence-electron chi connectivity index (χ2n) is 15.6. The summed E-state index contributed by atoms with van der Waals surface area (Å²) in [5.74, 6) is 0.650. The van der Waals surface area contributed by atoms with Gasteiger partial charge in [0.25, 0.3) is 11.8 Å². The number of rotatable bonds is 15. The number of ether oxygens (including phenoxy) is 2. The summed E-state index contributed by atoms with van der Waals surface area (Å²) in [6, 6.07) is 10.9. The van der Waals surface area contributed by atoms with E-state index in [0.29, 0.717) is 87.7 Å². The number of nitrogens with zero attached hydrogens (tertiary/aromatic N) is 8. The average molecular weight is 839 g/mol. The molecule has 1 saturated carbocycles. The molecule has 2 N–H and O–H groups in total. The Morgan fingerprint density at radius 2 is 1.75 bits per heavy atom. The fourth-order valence-corrected chi connectivity index (χ4v) is 9.29. The third-order valence-corrected chi connectivity index (χ3v) is 12.6. The number of aromatic nitrogens is 4. The Labute approximate surface area is 352 Å². The number of benzene rings is 1. The van der Waals surface area contributed by atoms with Crippen LogP contribution in [0.25, 0.3) is 11.0 Å². The number of carbonyl (C=O) groups excluding carboxylic acids is 5. The standard InChI is InChI=1S/C42H50N10O7S/c1-48(2)41(57)33-22-27-23-44-42(47-38(27)52(33)28-6-3-4-7-28)45-35-12-10-29(24-43-35)49-14-16-50(17-15-49)37(54)26-59-19-18-58-20-21-60-34-9-5-8-30-31(34)25-51(40(30)56)32-11-13-36(53)46-39(32)55/h5,8-10,12,22-24,28,32H,3-4,6-7,11,13-21,25-26H2,1-2H3,(H,46,53,55)(H,43,44,45,47). The summed E-state index contributed by atoms with van der Waals surface area (Å²) >= 11 is 1.58. The Kier molecular flexibility index (Phi) is 12.6. The molecular formula is C42H50N10O7S. The molecule has 0 radical (unpaired) electrons. The summed E-state index contributed by atoms with van der Waals surface area (Å²) in [5.41, 5.74) is 3.82. The molecule has 6 heterocycles. The Hall–Kier alpha value is -5.59. The predicted molar refractivity (Wildman–Crippen MR) is 224 cm³/mol. The molecule has 60 heavy (non-hydrogen) atoms. The van der Waals surface area contributed by atoms with Gasteiger partial charge in [-0.1, -0.05) is 18.9 Å². The molecule has 18 heteroatoms. The Bertz CT molecular complexity index is 2250. The molecule has 3 aromatic heterocycles. The van der Waals surface area contributed by atoms with Crippen LogP contribution in [-0.4, -0.2) is 142 Å². The molecule has 5 amide bonds. The monoisotopic (exact) mass is 838 g/mol. The van der Waals surface area contributed by atoms with Gasteiger partial charge in [0.1, 0.15) is 29.8 Å². The van der Waals surface area contributed by atoms with Crippen LogP contribution < -0.4 is 15.5 Å². The number of piperidine rings is 1. The van der Waals surface area contributed by atoms with Gasteiger partial charge in [0, 0.05) is 87.1 Å². The number of piperazine rings is 1. The van der Waals surface area contributed by atoms with Crippen LogP contribution in [0.1, 0.15) is 71.0 Å². The summed E-state index contributed by atoms with van der Waals surface area (Å²) in [5, 5.41) is 6.40. The van der Waals surface area contributed by atoms with Crippen LogP contribution in [0, 0.1) is 0 Å². The first-order valence-corrected chi connectivity index (χ1v) is 21.5. The van der Waals surface area contributed by atoms with E-state index in [1.165, 1.54) is 0 Å². The number of amides is 5. The first-order chi connectivity index (χ1) is 29.1. The number of hydrogen-bond donors (Lipinski definition) is 2. The van der Waals surface area contributed by atoms with E-state index in [2.05, 4.69) is 30.1 Å². The summed E-state index contributed by atoms with van der Waals surface area (Å²) in [7, 11) is 3.53. The van der Waals surface area contributed by atoms with Crippen LogP contribution in [0.2, 0.25) is 0 Å². The van der Waals surface area contributed by atoms with Gasteiger partial charge in [-0.25, -0.2) is 9.97 Å². The molecule has 2 saturated heterocycles. The van der Waals surface area contributed by atoms with Crippen molar-refractivity contribution in [2.24, 2.45) is 0 Å². The maximum atomic E-state index is 13.1. The van der Waals surface area contributed by atoms with Gasteiger partial charge in [-0.05, 0) is 55.2 Å². The van der Waals surface area contributed by atoms with Crippen LogP contribution in [-0.2, 0) is 30.4 Å². The van der Waals surface area contributed by atoms with Crippen molar-refractivity contribution in [1.82, 2.24) is 39.5 Å². The highest BCUT2D eigenvalue weighted by molar-refractivity contribution is 7.99. The highest BCUT2D eigenvalue weighted by Crippen LogP contribution is 2.36. The lowest BCUT2D eigenvalue weighted by atomic mass is 10.0. The van der Waals surface area contributed by atoms with Crippen LogP contribution in [0.3, 0.4) is 0 Å². The minimum Gasteiger partial charge on any atom is -0.378 e. The number of hydrogen-bond acceptors (Lipinski definition) is 13. The molecule has 0 spiro atoms. The zero-order chi connectivity index (χ0) is 41.8. The highest BCUT2D eigenvalue weighted by Gasteiger charge is 2.40. The van der Waals surface area contributed by atoms with Gasteiger partial charge < -0.3 is 39.0 Å². The minimum absolute atomic E-state index is 0.0135. The second kappa shape index (κ2) is 18.4. The summed E-state index contributed by atoms with van der Waals surface area (Å²) < 4.78 is 13.5. The number of carbonyl (C=O) groups is 5. The van der Waals surface area contributed by atoms with Crippen LogP contribution in [0.5, 0.6) is 0 Å². The number of nitrogens with one attached hydrogen (secondary N) is 2. The maximum absolute atomic E-state index is 13.1. The lowest BCUT2D eigenvalue weighted by Crippen LogP contribution is -2.52. The molecule has 3 fully saturated rings. The fraction of sp³-hybridized carbons (Fsp3) is 0.476.